The van der Waals surface area contributed by atoms with Gasteiger partial charge in [-0.05, 0) is 50.0 Å². The molecule has 3 heteroatoms. The van der Waals surface area contributed by atoms with Crippen molar-refractivity contribution >= 4 is 0 Å². The minimum Gasteiger partial charge on any atom is -0.394 e. The molecule has 0 aliphatic heterocycles. The van der Waals surface area contributed by atoms with Crippen LogP contribution in [-0.2, 0) is 0 Å². The summed E-state index contributed by atoms with van der Waals surface area (Å²) in [4.78, 5) is 0. The molecular formula is C15H28N2O. The second-order valence-corrected chi connectivity index (χ2v) is 6.83. The van der Waals surface area contributed by atoms with Crippen LogP contribution in [0.1, 0.15) is 59.3 Å². The predicted octanol–water partition coefficient (Wildman–Crippen LogP) is 2.85. The van der Waals surface area contributed by atoms with Gasteiger partial charge in [0.25, 0.3) is 0 Å². The van der Waals surface area contributed by atoms with Gasteiger partial charge in [-0.15, -0.1) is 0 Å². The fourth-order valence-electron chi connectivity index (χ4n) is 3.74. The van der Waals surface area contributed by atoms with Crippen LogP contribution in [0.15, 0.2) is 0 Å². The molecule has 3 nitrogen and oxygen atoms in total. The van der Waals surface area contributed by atoms with E-state index in [1.807, 2.05) is 0 Å². The zero-order valence-corrected chi connectivity index (χ0v) is 12.1. The van der Waals surface area contributed by atoms with Gasteiger partial charge in [0, 0.05) is 12.0 Å². The van der Waals surface area contributed by atoms with Crippen LogP contribution in [0, 0.1) is 22.7 Å². The van der Waals surface area contributed by atoms with Crippen molar-refractivity contribution in [3.05, 3.63) is 0 Å². The Morgan fingerprint density at radius 1 is 1.33 bits per heavy atom. The summed E-state index contributed by atoms with van der Waals surface area (Å²) < 4.78 is 0. The van der Waals surface area contributed by atoms with Crippen LogP contribution in [0.4, 0.5) is 0 Å². The van der Waals surface area contributed by atoms with E-state index in [0.717, 1.165) is 32.2 Å². The van der Waals surface area contributed by atoms with E-state index in [1.165, 1.54) is 6.42 Å². The molecule has 1 rings (SSSR count). The van der Waals surface area contributed by atoms with E-state index in [0.29, 0.717) is 17.8 Å². The first-order valence-corrected chi connectivity index (χ1v) is 7.16. The lowest BCUT2D eigenvalue weighted by atomic mass is 9.64. The maximum absolute atomic E-state index is 9.78. The molecule has 0 aromatic carbocycles. The molecule has 0 unspecified atom stereocenters. The average molecular weight is 252 g/mol. The third-order valence-corrected chi connectivity index (χ3v) is 3.98. The van der Waals surface area contributed by atoms with Gasteiger partial charge >= 0.3 is 0 Å². The lowest BCUT2D eigenvalue weighted by molar-refractivity contribution is 0.0364. The standard InChI is InChI=1S/C15H28N2O/c1-13-9-14(2,3)11-15(10-13,12-18)17-8-6-4-5-7-16/h13,17-18H,4-6,8-12H2,1-3H3/t13-,15-/m1/s1. The Morgan fingerprint density at radius 2 is 2.06 bits per heavy atom. The van der Waals surface area contributed by atoms with E-state index in [4.69, 9.17) is 5.26 Å². The molecule has 104 valence electrons. The Labute approximate surface area is 112 Å². The minimum absolute atomic E-state index is 0.103. The summed E-state index contributed by atoms with van der Waals surface area (Å²) in [5.41, 5.74) is 0.202. The molecule has 1 aliphatic carbocycles. The van der Waals surface area contributed by atoms with Crippen molar-refractivity contribution < 1.29 is 5.11 Å². The maximum atomic E-state index is 9.78. The molecule has 0 saturated heterocycles. The number of nitriles is 1. The summed E-state index contributed by atoms with van der Waals surface area (Å²) in [5.74, 6) is 0.660. The number of aliphatic hydroxyl groups excluding tert-OH is 1. The highest BCUT2D eigenvalue weighted by Crippen LogP contribution is 2.43. The monoisotopic (exact) mass is 252 g/mol. The highest BCUT2D eigenvalue weighted by atomic mass is 16.3. The summed E-state index contributed by atoms with van der Waals surface area (Å²) in [5, 5.41) is 21.9. The highest BCUT2D eigenvalue weighted by Gasteiger charge is 2.41. The molecular weight excluding hydrogens is 224 g/mol. The molecule has 18 heavy (non-hydrogen) atoms. The van der Waals surface area contributed by atoms with Crippen molar-refractivity contribution in [2.75, 3.05) is 13.2 Å². The van der Waals surface area contributed by atoms with Crippen molar-refractivity contribution in [2.45, 2.75) is 64.8 Å². The molecule has 2 N–H and O–H groups in total. The Kier molecular flexibility index (Phi) is 5.62. The Morgan fingerprint density at radius 3 is 2.61 bits per heavy atom. The summed E-state index contributed by atoms with van der Waals surface area (Å²) in [6.45, 7) is 8.00. The van der Waals surface area contributed by atoms with Crippen molar-refractivity contribution in [1.29, 1.82) is 5.26 Å². The number of aliphatic hydroxyl groups is 1. The number of nitrogens with one attached hydrogen (secondary N) is 1. The first-order valence-electron chi connectivity index (χ1n) is 7.16. The third kappa shape index (κ3) is 4.59. The Bertz CT molecular complexity index is 295. The van der Waals surface area contributed by atoms with E-state index in [9.17, 15) is 5.11 Å². The van der Waals surface area contributed by atoms with Crippen LogP contribution < -0.4 is 5.32 Å². The van der Waals surface area contributed by atoms with Gasteiger partial charge < -0.3 is 10.4 Å². The van der Waals surface area contributed by atoms with E-state index < -0.39 is 0 Å². The molecule has 0 radical (unpaired) electrons. The molecule has 0 aromatic rings. The van der Waals surface area contributed by atoms with E-state index in [-0.39, 0.29) is 12.1 Å². The highest BCUT2D eigenvalue weighted by molar-refractivity contribution is 4.98. The van der Waals surface area contributed by atoms with Gasteiger partial charge in [-0.1, -0.05) is 20.8 Å². The molecule has 0 heterocycles. The van der Waals surface area contributed by atoms with E-state index in [2.05, 4.69) is 32.2 Å². The molecule has 1 fully saturated rings. The zero-order valence-electron chi connectivity index (χ0n) is 12.1. The smallest absolute Gasteiger partial charge is 0.0621 e. The van der Waals surface area contributed by atoms with Crippen LogP contribution >= 0.6 is 0 Å². The fraction of sp³-hybridized carbons (Fsp3) is 0.933. The average Bonchev–Trinajstić information content (AvgIpc) is 2.26. The second-order valence-electron chi connectivity index (χ2n) is 6.83. The first kappa shape index (κ1) is 15.5. The molecule has 2 atom stereocenters. The Balaban J connectivity index is 2.49. The van der Waals surface area contributed by atoms with Gasteiger partial charge in [-0.25, -0.2) is 0 Å². The van der Waals surface area contributed by atoms with Crippen molar-refractivity contribution in [3.8, 4) is 6.07 Å². The Hall–Kier alpha value is -0.590. The summed E-state index contributed by atoms with van der Waals surface area (Å²) in [7, 11) is 0. The largest absolute Gasteiger partial charge is 0.394 e. The van der Waals surface area contributed by atoms with Crippen molar-refractivity contribution in [3.63, 3.8) is 0 Å². The summed E-state index contributed by atoms with van der Waals surface area (Å²) >= 11 is 0. The SMILES string of the molecule is C[C@@H]1CC(C)(C)C[C@](CO)(NCCCCC#N)C1. The van der Waals surface area contributed by atoms with Gasteiger partial charge in [0.05, 0.1) is 12.7 Å². The van der Waals surface area contributed by atoms with Crippen LogP contribution in [0.3, 0.4) is 0 Å². The van der Waals surface area contributed by atoms with Crippen LogP contribution in [0.2, 0.25) is 0 Å². The number of hydrogen-bond donors (Lipinski definition) is 2. The number of nitrogens with zero attached hydrogens (tertiary/aromatic N) is 1. The molecule has 0 spiro atoms. The fourth-order valence-corrected chi connectivity index (χ4v) is 3.74. The van der Waals surface area contributed by atoms with Crippen LogP contribution in [0.25, 0.3) is 0 Å². The first-order chi connectivity index (χ1) is 8.43. The quantitative estimate of drug-likeness (QED) is 0.715. The number of hydrogen-bond acceptors (Lipinski definition) is 3. The van der Waals surface area contributed by atoms with Gasteiger partial charge in [0.15, 0.2) is 0 Å². The third-order valence-electron chi connectivity index (χ3n) is 3.98. The van der Waals surface area contributed by atoms with Crippen molar-refractivity contribution in [1.82, 2.24) is 5.32 Å². The van der Waals surface area contributed by atoms with Gasteiger partial charge in [-0.2, -0.15) is 5.26 Å². The zero-order chi connectivity index (χ0) is 13.6. The molecule has 0 aromatic heterocycles. The number of unbranched alkanes of at least 4 members (excludes halogenated alkanes) is 2. The van der Waals surface area contributed by atoms with E-state index in [1.54, 1.807) is 0 Å². The topological polar surface area (TPSA) is 56.0 Å². The van der Waals surface area contributed by atoms with Crippen LogP contribution in [-0.4, -0.2) is 23.8 Å². The van der Waals surface area contributed by atoms with Gasteiger partial charge in [-0.3, -0.25) is 0 Å². The van der Waals surface area contributed by atoms with Crippen LogP contribution in [0.5, 0.6) is 0 Å². The minimum atomic E-state index is -0.103. The second kappa shape index (κ2) is 6.54. The number of rotatable bonds is 6. The maximum Gasteiger partial charge on any atom is 0.0621 e. The normalized spacial score (nSPS) is 30.9. The van der Waals surface area contributed by atoms with Gasteiger partial charge in [0.2, 0.25) is 0 Å². The van der Waals surface area contributed by atoms with Gasteiger partial charge in [0.1, 0.15) is 0 Å². The van der Waals surface area contributed by atoms with E-state index >= 15 is 0 Å². The predicted molar refractivity (Wildman–Crippen MR) is 74.1 cm³/mol. The molecule has 1 saturated carbocycles. The molecule has 1 aliphatic rings. The van der Waals surface area contributed by atoms with Crippen molar-refractivity contribution in [2.24, 2.45) is 11.3 Å². The molecule has 0 bridgehead atoms. The molecule has 0 amide bonds. The summed E-state index contributed by atoms with van der Waals surface area (Å²) in [6, 6.07) is 2.17. The lowest BCUT2D eigenvalue weighted by Gasteiger charge is -2.47. The lowest BCUT2D eigenvalue weighted by Crippen LogP contribution is -2.55. The summed E-state index contributed by atoms with van der Waals surface area (Å²) in [6.07, 6.45) is 5.94.